The third-order valence-electron chi connectivity index (χ3n) is 2.60. The van der Waals surface area contributed by atoms with Gasteiger partial charge >= 0.3 is 0 Å². The van der Waals surface area contributed by atoms with E-state index in [-0.39, 0.29) is 11.5 Å². The highest BCUT2D eigenvalue weighted by Crippen LogP contribution is 2.24. The lowest BCUT2D eigenvalue weighted by atomic mass is 10.0. The van der Waals surface area contributed by atoms with Crippen LogP contribution >= 0.6 is 0 Å². The molecule has 2 aromatic carbocycles. The minimum atomic E-state index is 0.152. The predicted octanol–water partition coefficient (Wildman–Crippen LogP) is 2.16. The fourth-order valence-electron chi connectivity index (χ4n) is 1.74. The van der Waals surface area contributed by atoms with Gasteiger partial charge in [0.2, 0.25) is 0 Å². The third kappa shape index (κ3) is 2.77. The first kappa shape index (κ1) is 11.5. The molecule has 0 aromatic heterocycles. The average molecular weight is 228 g/mol. The van der Waals surface area contributed by atoms with E-state index in [0.717, 1.165) is 11.1 Å². The molecule has 0 bridgehead atoms. The van der Waals surface area contributed by atoms with Gasteiger partial charge in [-0.1, -0.05) is 24.3 Å². The lowest BCUT2D eigenvalue weighted by Gasteiger charge is -2.06. The zero-order chi connectivity index (χ0) is 12.3. The molecule has 2 rings (SSSR count). The largest absolute Gasteiger partial charge is 0.508 e. The van der Waals surface area contributed by atoms with E-state index >= 15 is 0 Å². The quantitative estimate of drug-likeness (QED) is 0.705. The number of nitrogens with two attached hydrogens (primary N) is 1. The molecule has 87 valence electrons. The fourth-order valence-corrected chi connectivity index (χ4v) is 1.74. The molecule has 0 aliphatic heterocycles. The van der Waals surface area contributed by atoms with Crippen molar-refractivity contribution in [3.8, 4) is 11.5 Å². The molecule has 0 fully saturated rings. The lowest BCUT2D eigenvalue weighted by molar-refractivity contribution is 0.455. The molecule has 4 N–H and O–H groups in total. The first-order valence-corrected chi connectivity index (χ1v) is 5.34. The highest BCUT2D eigenvalue weighted by molar-refractivity contribution is 5.42. The maximum atomic E-state index is 9.68. The van der Waals surface area contributed by atoms with Crippen molar-refractivity contribution in [2.75, 3.05) is 0 Å². The standard InChI is InChI=1S/C14H14NO2/c15-9-11-3-1-2-10(6-11)7-12-8-13(16)4-5-14(12)17/h1-6,8-9,16-17H,7,15H2. The number of benzene rings is 2. The molecule has 0 unspecified atom stereocenters. The molecule has 0 saturated carbocycles. The van der Waals surface area contributed by atoms with E-state index in [1.807, 2.05) is 24.3 Å². The number of hydrogen-bond donors (Lipinski definition) is 3. The van der Waals surface area contributed by atoms with Crippen molar-refractivity contribution in [3.05, 3.63) is 65.7 Å². The summed E-state index contributed by atoms with van der Waals surface area (Å²) in [6, 6.07) is 12.2. The molecule has 3 heteroatoms. The number of hydrogen-bond acceptors (Lipinski definition) is 3. The van der Waals surface area contributed by atoms with Gasteiger partial charge in [0.1, 0.15) is 11.5 Å². The van der Waals surface area contributed by atoms with Gasteiger partial charge in [-0.25, -0.2) is 0 Å². The maximum absolute atomic E-state index is 9.68. The van der Waals surface area contributed by atoms with Crippen LogP contribution in [0.5, 0.6) is 11.5 Å². The Labute approximate surface area is 100 Å². The van der Waals surface area contributed by atoms with Crippen LogP contribution in [0.25, 0.3) is 0 Å². The van der Waals surface area contributed by atoms with Crippen LogP contribution < -0.4 is 5.73 Å². The normalized spacial score (nSPS) is 10.4. The van der Waals surface area contributed by atoms with Crippen LogP contribution in [-0.4, -0.2) is 10.2 Å². The monoisotopic (exact) mass is 228 g/mol. The van der Waals surface area contributed by atoms with Crippen LogP contribution in [0.1, 0.15) is 16.7 Å². The second-order valence-electron chi connectivity index (χ2n) is 3.90. The summed E-state index contributed by atoms with van der Waals surface area (Å²) in [4.78, 5) is 0. The average Bonchev–Trinajstić information content (AvgIpc) is 2.34. The molecule has 0 spiro atoms. The minimum absolute atomic E-state index is 0.152. The van der Waals surface area contributed by atoms with E-state index in [1.165, 1.54) is 18.7 Å². The first-order valence-electron chi connectivity index (χ1n) is 5.34. The van der Waals surface area contributed by atoms with Crippen LogP contribution in [0.15, 0.2) is 42.5 Å². The topological polar surface area (TPSA) is 66.5 Å². The summed E-state index contributed by atoms with van der Waals surface area (Å²) in [6.45, 7) is 1.53. The van der Waals surface area contributed by atoms with Crippen LogP contribution in [0.3, 0.4) is 0 Å². The van der Waals surface area contributed by atoms with Crippen molar-refractivity contribution in [2.24, 2.45) is 5.73 Å². The molecule has 1 radical (unpaired) electrons. The summed E-state index contributed by atoms with van der Waals surface area (Å²) in [6.07, 6.45) is 0.557. The highest BCUT2D eigenvalue weighted by Gasteiger charge is 2.04. The number of phenolic OH excluding ortho intramolecular Hbond substituents is 2. The summed E-state index contributed by atoms with van der Waals surface area (Å²) < 4.78 is 0. The Morgan fingerprint density at radius 2 is 1.88 bits per heavy atom. The molecule has 2 aromatic rings. The van der Waals surface area contributed by atoms with Crippen LogP contribution in [0.2, 0.25) is 0 Å². The van der Waals surface area contributed by atoms with E-state index in [9.17, 15) is 10.2 Å². The smallest absolute Gasteiger partial charge is 0.119 e. The Balaban J connectivity index is 2.27. The Bertz CT molecular complexity index is 523. The first-order chi connectivity index (χ1) is 8.19. The van der Waals surface area contributed by atoms with Gasteiger partial charge in [-0.05, 0) is 29.3 Å². The number of phenols is 2. The highest BCUT2D eigenvalue weighted by atomic mass is 16.3. The zero-order valence-electron chi connectivity index (χ0n) is 9.30. The summed E-state index contributed by atoms with van der Waals surface area (Å²) in [5, 5.41) is 19.1. The van der Waals surface area contributed by atoms with Crippen LogP contribution in [0.4, 0.5) is 0 Å². The van der Waals surface area contributed by atoms with Crippen molar-refractivity contribution in [2.45, 2.75) is 6.42 Å². The van der Waals surface area contributed by atoms with E-state index in [0.29, 0.717) is 12.0 Å². The summed E-state index contributed by atoms with van der Waals surface area (Å²) >= 11 is 0. The second kappa shape index (κ2) is 4.89. The molecule has 0 aliphatic rings. The van der Waals surface area contributed by atoms with Gasteiger partial charge in [0, 0.05) is 18.5 Å². The van der Waals surface area contributed by atoms with E-state index in [4.69, 9.17) is 5.73 Å². The Morgan fingerprint density at radius 1 is 1.06 bits per heavy atom. The third-order valence-corrected chi connectivity index (χ3v) is 2.60. The van der Waals surface area contributed by atoms with Gasteiger partial charge < -0.3 is 15.9 Å². The molecule has 0 aliphatic carbocycles. The summed E-state index contributed by atoms with van der Waals surface area (Å²) in [5.41, 5.74) is 8.11. The summed E-state index contributed by atoms with van der Waals surface area (Å²) in [7, 11) is 0. The molecule has 0 saturated heterocycles. The minimum Gasteiger partial charge on any atom is -0.508 e. The van der Waals surface area contributed by atoms with E-state index in [1.54, 1.807) is 6.07 Å². The Kier molecular flexibility index (Phi) is 3.30. The maximum Gasteiger partial charge on any atom is 0.119 e. The summed E-state index contributed by atoms with van der Waals surface area (Å²) in [5.74, 6) is 0.337. The predicted molar refractivity (Wildman–Crippen MR) is 66.6 cm³/mol. The Hall–Kier alpha value is -2.00. The van der Waals surface area contributed by atoms with E-state index < -0.39 is 0 Å². The van der Waals surface area contributed by atoms with E-state index in [2.05, 4.69) is 0 Å². The second-order valence-corrected chi connectivity index (χ2v) is 3.90. The number of aromatic hydroxyl groups is 2. The molecular formula is C14H14NO2. The van der Waals surface area contributed by atoms with Crippen molar-refractivity contribution < 1.29 is 10.2 Å². The molecule has 0 amide bonds. The van der Waals surface area contributed by atoms with Gasteiger partial charge in [0.15, 0.2) is 0 Å². The zero-order valence-corrected chi connectivity index (χ0v) is 9.30. The van der Waals surface area contributed by atoms with Crippen molar-refractivity contribution >= 4 is 0 Å². The molecular weight excluding hydrogens is 214 g/mol. The molecule has 0 heterocycles. The van der Waals surface area contributed by atoms with Crippen LogP contribution in [-0.2, 0) is 6.42 Å². The van der Waals surface area contributed by atoms with Gasteiger partial charge in [0.25, 0.3) is 0 Å². The Morgan fingerprint density at radius 3 is 2.65 bits per heavy atom. The van der Waals surface area contributed by atoms with Crippen molar-refractivity contribution in [1.29, 1.82) is 0 Å². The molecule has 0 atom stereocenters. The number of rotatable bonds is 3. The van der Waals surface area contributed by atoms with Gasteiger partial charge in [-0.15, -0.1) is 0 Å². The molecule has 3 nitrogen and oxygen atoms in total. The van der Waals surface area contributed by atoms with Crippen molar-refractivity contribution in [3.63, 3.8) is 0 Å². The van der Waals surface area contributed by atoms with Crippen LogP contribution in [0, 0.1) is 6.54 Å². The lowest BCUT2D eigenvalue weighted by Crippen LogP contribution is -1.95. The fraction of sp³-hybridized carbons (Fsp3) is 0.0714. The SMILES string of the molecule is N[CH]c1cccc(Cc2cc(O)ccc2O)c1. The van der Waals surface area contributed by atoms with Gasteiger partial charge in [0.05, 0.1) is 0 Å². The van der Waals surface area contributed by atoms with Gasteiger partial charge in [-0.3, -0.25) is 0 Å². The van der Waals surface area contributed by atoms with Gasteiger partial charge in [-0.2, -0.15) is 0 Å². The molecule has 17 heavy (non-hydrogen) atoms. The van der Waals surface area contributed by atoms with Crippen molar-refractivity contribution in [1.82, 2.24) is 0 Å².